The van der Waals surface area contributed by atoms with E-state index in [2.05, 4.69) is 87.6 Å². The van der Waals surface area contributed by atoms with Gasteiger partial charge < -0.3 is 9.88 Å². The van der Waals surface area contributed by atoms with Crippen LogP contribution in [-0.4, -0.2) is 19.4 Å². The highest BCUT2D eigenvalue weighted by atomic mass is 15.2. The van der Waals surface area contributed by atoms with Gasteiger partial charge in [-0.05, 0) is 66.3 Å². The minimum absolute atomic E-state index is 0.347. The Hall–Kier alpha value is -3.28. The van der Waals surface area contributed by atoms with Gasteiger partial charge in [-0.1, -0.05) is 36.4 Å². The zero-order valence-electron chi connectivity index (χ0n) is 19.9. The van der Waals surface area contributed by atoms with E-state index >= 15 is 0 Å². The van der Waals surface area contributed by atoms with Crippen LogP contribution >= 0.6 is 0 Å². The lowest BCUT2D eigenvalue weighted by molar-refractivity contribution is 0.153. The summed E-state index contributed by atoms with van der Waals surface area (Å²) in [6, 6.07) is 24.1. The molecule has 1 N–H and O–H groups in total. The molecular formula is C29H33N5. The van der Waals surface area contributed by atoms with E-state index in [4.69, 9.17) is 4.98 Å². The maximum absolute atomic E-state index is 4.83. The third kappa shape index (κ3) is 5.44. The first-order chi connectivity index (χ1) is 16.8. The lowest BCUT2D eigenvalue weighted by Gasteiger charge is -2.35. The molecule has 1 aromatic carbocycles. The van der Waals surface area contributed by atoms with Crippen molar-refractivity contribution in [1.82, 2.24) is 24.8 Å². The number of aryl methyl sites for hydroxylation is 2. The summed E-state index contributed by atoms with van der Waals surface area (Å²) >= 11 is 0. The topological polar surface area (TPSA) is 46.0 Å². The molecule has 0 saturated heterocycles. The second kappa shape index (κ2) is 10.8. The van der Waals surface area contributed by atoms with Gasteiger partial charge in [0, 0.05) is 57.5 Å². The first kappa shape index (κ1) is 22.5. The number of hydrogen-bond donors (Lipinski definition) is 1. The lowest BCUT2D eigenvalue weighted by atomic mass is 9.90. The average molecular weight is 452 g/mol. The maximum atomic E-state index is 4.83. The molecule has 0 saturated carbocycles. The predicted molar refractivity (Wildman–Crippen MR) is 136 cm³/mol. The van der Waals surface area contributed by atoms with Crippen molar-refractivity contribution in [3.05, 3.63) is 119 Å². The van der Waals surface area contributed by atoms with E-state index in [0.29, 0.717) is 6.04 Å². The number of benzene rings is 1. The van der Waals surface area contributed by atoms with E-state index in [0.717, 1.165) is 44.7 Å². The van der Waals surface area contributed by atoms with Crippen LogP contribution in [0, 0.1) is 0 Å². The van der Waals surface area contributed by atoms with Gasteiger partial charge >= 0.3 is 0 Å². The Morgan fingerprint density at radius 3 is 2.53 bits per heavy atom. The number of rotatable bonds is 9. The molecular weight excluding hydrogens is 418 g/mol. The van der Waals surface area contributed by atoms with Crippen molar-refractivity contribution in [2.24, 2.45) is 7.05 Å². The zero-order valence-corrected chi connectivity index (χ0v) is 19.9. The van der Waals surface area contributed by atoms with Crippen LogP contribution in [0.3, 0.4) is 0 Å². The van der Waals surface area contributed by atoms with E-state index in [1.807, 2.05) is 24.5 Å². The van der Waals surface area contributed by atoms with Gasteiger partial charge in [-0.15, -0.1) is 0 Å². The van der Waals surface area contributed by atoms with Crippen molar-refractivity contribution in [2.45, 2.75) is 51.5 Å². The largest absolute Gasteiger partial charge is 0.353 e. The van der Waals surface area contributed by atoms with Crippen LogP contribution in [0.5, 0.6) is 0 Å². The number of nitrogens with zero attached hydrogens (tertiary/aromatic N) is 4. The molecule has 0 spiro atoms. The van der Waals surface area contributed by atoms with Gasteiger partial charge in [0.2, 0.25) is 0 Å². The maximum Gasteiger partial charge on any atom is 0.0607 e. The molecule has 0 amide bonds. The highest BCUT2D eigenvalue weighted by molar-refractivity contribution is 5.27. The van der Waals surface area contributed by atoms with Crippen LogP contribution in [0.15, 0.2) is 85.3 Å². The minimum Gasteiger partial charge on any atom is -0.353 e. The van der Waals surface area contributed by atoms with E-state index in [-0.39, 0.29) is 0 Å². The van der Waals surface area contributed by atoms with Gasteiger partial charge in [-0.2, -0.15) is 0 Å². The Morgan fingerprint density at radius 2 is 1.74 bits per heavy atom. The Balaban J connectivity index is 1.29. The SMILES string of the molecule is Cn1cccc1CN(Cc1ccc(CNCc2ccccn2)cc1)C1CCCc2cccnc21. The fraction of sp³-hybridized carbons (Fsp3) is 0.310. The van der Waals surface area contributed by atoms with Crippen LogP contribution in [0.1, 0.15) is 52.7 Å². The van der Waals surface area contributed by atoms with Crippen molar-refractivity contribution in [3.63, 3.8) is 0 Å². The molecule has 5 rings (SSSR count). The summed E-state index contributed by atoms with van der Waals surface area (Å²) in [5.41, 5.74) is 7.70. The molecule has 1 aliphatic rings. The second-order valence-electron chi connectivity index (χ2n) is 9.21. The molecule has 5 heteroatoms. The fourth-order valence-corrected chi connectivity index (χ4v) is 4.92. The summed E-state index contributed by atoms with van der Waals surface area (Å²) in [6.45, 7) is 3.44. The summed E-state index contributed by atoms with van der Waals surface area (Å²) in [6.07, 6.45) is 9.43. The second-order valence-corrected chi connectivity index (χ2v) is 9.21. The Labute approximate surface area is 202 Å². The lowest BCUT2D eigenvalue weighted by Crippen LogP contribution is -2.32. The molecule has 34 heavy (non-hydrogen) atoms. The summed E-state index contributed by atoms with van der Waals surface area (Å²) in [7, 11) is 2.13. The minimum atomic E-state index is 0.347. The third-order valence-electron chi connectivity index (χ3n) is 6.79. The highest BCUT2D eigenvalue weighted by Crippen LogP contribution is 2.34. The van der Waals surface area contributed by atoms with Crippen LogP contribution in [0.2, 0.25) is 0 Å². The van der Waals surface area contributed by atoms with Crippen molar-refractivity contribution in [3.8, 4) is 0 Å². The molecule has 0 bridgehead atoms. The number of nitrogens with one attached hydrogen (secondary N) is 1. The molecule has 0 aliphatic heterocycles. The molecule has 5 nitrogen and oxygen atoms in total. The molecule has 1 atom stereocenters. The number of aromatic nitrogens is 3. The summed E-state index contributed by atoms with van der Waals surface area (Å²) in [5, 5.41) is 3.49. The highest BCUT2D eigenvalue weighted by Gasteiger charge is 2.27. The van der Waals surface area contributed by atoms with Crippen LogP contribution in [0.4, 0.5) is 0 Å². The molecule has 174 valence electrons. The summed E-state index contributed by atoms with van der Waals surface area (Å²) in [4.78, 5) is 11.8. The van der Waals surface area contributed by atoms with Crippen molar-refractivity contribution in [2.75, 3.05) is 0 Å². The van der Waals surface area contributed by atoms with Crippen molar-refractivity contribution in [1.29, 1.82) is 0 Å². The quantitative estimate of drug-likeness (QED) is 0.381. The number of hydrogen-bond acceptors (Lipinski definition) is 4. The smallest absolute Gasteiger partial charge is 0.0607 e. The molecule has 0 radical (unpaired) electrons. The molecule has 3 heterocycles. The molecule has 3 aromatic heterocycles. The fourth-order valence-electron chi connectivity index (χ4n) is 4.92. The van der Waals surface area contributed by atoms with Crippen LogP contribution in [-0.2, 0) is 39.6 Å². The first-order valence-corrected chi connectivity index (χ1v) is 12.2. The van der Waals surface area contributed by atoms with E-state index in [1.54, 1.807) is 0 Å². The van der Waals surface area contributed by atoms with Gasteiger partial charge in [0.05, 0.1) is 17.4 Å². The van der Waals surface area contributed by atoms with Gasteiger partial charge in [-0.3, -0.25) is 14.9 Å². The summed E-state index contributed by atoms with van der Waals surface area (Å²) < 4.78 is 2.23. The Morgan fingerprint density at radius 1 is 0.882 bits per heavy atom. The van der Waals surface area contributed by atoms with Crippen molar-refractivity contribution < 1.29 is 0 Å². The van der Waals surface area contributed by atoms with E-state index in [9.17, 15) is 0 Å². The molecule has 0 fully saturated rings. The normalized spacial score (nSPS) is 15.4. The van der Waals surface area contributed by atoms with E-state index in [1.165, 1.54) is 34.5 Å². The monoisotopic (exact) mass is 451 g/mol. The summed E-state index contributed by atoms with van der Waals surface area (Å²) in [5.74, 6) is 0. The molecule has 1 aliphatic carbocycles. The molecule has 1 unspecified atom stereocenters. The van der Waals surface area contributed by atoms with Gasteiger partial charge in [0.25, 0.3) is 0 Å². The van der Waals surface area contributed by atoms with Gasteiger partial charge in [-0.25, -0.2) is 0 Å². The van der Waals surface area contributed by atoms with Gasteiger partial charge in [0.15, 0.2) is 0 Å². The molecule has 4 aromatic rings. The zero-order chi connectivity index (χ0) is 23.2. The van der Waals surface area contributed by atoms with Crippen LogP contribution < -0.4 is 5.32 Å². The predicted octanol–water partition coefficient (Wildman–Crippen LogP) is 5.18. The first-order valence-electron chi connectivity index (χ1n) is 12.2. The standard InChI is InChI=1S/C29H33N5/c1-33-18-6-10-27(33)22-34(28-11-4-7-25-8-5-17-32-29(25)28)21-24-14-12-23(13-15-24)19-30-20-26-9-2-3-16-31-26/h2-3,5-6,8-10,12-18,28,30H,4,7,11,19-22H2,1H3. The number of fused-ring (bicyclic) bond motifs is 1. The van der Waals surface area contributed by atoms with E-state index < -0.39 is 0 Å². The average Bonchev–Trinajstić information content (AvgIpc) is 3.29. The van der Waals surface area contributed by atoms with Crippen LogP contribution in [0.25, 0.3) is 0 Å². The Kier molecular flexibility index (Phi) is 7.13. The van der Waals surface area contributed by atoms with Gasteiger partial charge in [0.1, 0.15) is 0 Å². The number of pyridine rings is 2. The van der Waals surface area contributed by atoms with Crippen molar-refractivity contribution >= 4 is 0 Å². The Bertz CT molecular complexity index is 1180. The third-order valence-corrected chi connectivity index (χ3v) is 6.79.